The molecule has 0 saturated carbocycles. The van der Waals surface area contributed by atoms with Gasteiger partial charge in [0.1, 0.15) is 6.61 Å². The fourth-order valence-electron chi connectivity index (χ4n) is 2.77. The first-order valence-electron chi connectivity index (χ1n) is 7.48. The standard InChI is InChI=1S/C16H26N2O2/c1-12(2)18-9-7-13(8-10-18)14(17)11-20-16-6-4-3-5-15(16)19/h3-6,12-14,19H,7-11,17H2,1-2H3. The quantitative estimate of drug-likeness (QED) is 0.867. The van der Waals surface area contributed by atoms with Crippen LogP contribution in [0.4, 0.5) is 0 Å². The van der Waals surface area contributed by atoms with Crippen LogP contribution < -0.4 is 10.5 Å². The zero-order valence-electron chi connectivity index (χ0n) is 12.5. The van der Waals surface area contributed by atoms with Gasteiger partial charge in [0, 0.05) is 12.1 Å². The van der Waals surface area contributed by atoms with Crippen LogP contribution in [-0.2, 0) is 0 Å². The van der Waals surface area contributed by atoms with Crippen molar-refractivity contribution in [3.8, 4) is 11.5 Å². The molecule has 1 aromatic rings. The highest BCUT2D eigenvalue weighted by atomic mass is 16.5. The van der Waals surface area contributed by atoms with Crippen LogP contribution in [0.3, 0.4) is 0 Å². The lowest BCUT2D eigenvalue weighted by Gasteiger charge is -2.36. The zero-order chi connectivity index (χ0) is 14.5. The fraction of sp³-hybridized carbons (Fsp3) is 0.625. The van der Waals surface area contributed by atoms with Crippen molar-refractivity contribution in [2.45, 2.75) is 38.8 Å². The van der Waals surface area contributed by atoms with E-state index < -0.39 is 0 Å². The average molecular weight is 278 g/mol. The van der Waals surface area contributed by atoms with E-state index >= 15 is 0 Å². The molecule has 1 atom stereocenters. The van der Waals surface area contributed by atoms with Crippen LogP contribution >= 0.6 is 0 Å². The Morgan fingerprint density at radius 3 is 2.55 bits per heavy atom. The van der Waals surface area contributed by atoms with Crippen molar-refractivity contribution in [3.05, 3.63) is 24.3 Å². The molecule has 0 aromatic heterocycles. The summed E-state index contributed by atoms with van der Waals surface area (Å²) >= 11 is 0. The van der Waals surface area contributed by atoms with Gasteiger partial charge in [0.05, 0.1) is 0 Å². The topological polar surface area (TPSA) is 58.7 Å². The van der Waals surface area contributed by atoms with Gasteiger partial charge >= 0.3 is 0 Å². The van der Waals surface area contributed by atoms with E-state index in [4.69, 9.17) is 10.5 Å². The molecule has 0 radical (unpaired) electrons. The molecule has 1 aliphatic rings. The van der Waals surface area contributed by atoms with Crippen molar-refractivity contribution in [2.75, 3.05) is 19.7 Å². The molecule has 0 spiro atoms. The third-order valence-corrected chi connectivity index (χ3v) is 4.21. The molecule has 1 aromatic carbocycles. The monoisotopic (exact) mass is 278 g/mol. The first kappa shape index (κ1) is 15.1. The van der Waals surface area contributed by atoms with Gasteiger partial charge in [0.25, 0.3) is 0 Å². The van der Waals surface area contributed by atoms with Gasteiger partial charge in [-0.3, -0.25) is 0 Å². The summed E-state index contributed by atoms with van der Waals surface area (Å²) in [5.74, 6) is 1.20. The Bertz CT molecular complexity index is 415. The van der Waals surface area contributed by atoms with Crippen LogP contribution in [0.15, 0.2) is 24.3 Å². The van der Waals surface area contributed by atoms with Crippen LogP contribution in [0.1, 0.15) is 26.7 Å². The van der Waals surface area contributed by atoms with Crippen LogP contribution in [-0.4, -0.2) is 41.8 Å². The Morgan fingerprint density at radius 2 is 1.95 bits per heavy atom. The van der Waals surface area contributed by atoms with Gasteiger partial charge in [-0.05, 0) is 57.8 Å². The molecule has 1 saturated heterocycles. The maximum atomic E-state index is 9.66. The molecule has 1 aliphatic heterocycles. The fourth-order valence-corrected chi connectivity index (χ4v) is 2.77. The highest BCUT2D eigenvalue weighted by molar-refractivity contribution is 5.37. The minimum atomic E-state index is 0.0314. The van der Waals surface area contributed by atoms with Gasteiger partial charge in [0.15, 0.2) is 11.5 Å². The predicted molar refractivity (Wildman–Crippen MR) is 81.0 cm³/mol. The number of rotatable bonds is 5. The van der Waals surface area contributed by atoms with Gasteiger partial charge in [-0.1, -0.05) is 12.1 Å². The number of likely N-dealkylation sites (tertiary alicyclic amines) is 1. The highest BCUT2D eigenvalue weighted by Crippen LogP contribution is 2.26. The number of hydrogen-bond acceptors (Lipinski definition) is 4. The van der Waals surface area contributed by atoms with Gasteiger partial charge in [0.2, 0.25) is 0 Å². The molecule has 0 amide bonds. The van der Waals surface area contributed by atoms with E-state index in [1.54, 1.807) is 18.2 Å². The second-order valence-electron chi connectivity index (χ2n) is 5.91. The van der Waals surface area contributed by atoms with Crippen molar-refractivity contribution in [1.29, 1.82) is 0 Å². The number of hydrogen-bond donors (Lipinski definition) is 2. The second kappa shape index (κ2) is 6.95. The summed E-state index contributed by atoms with van der Waals surface area (Å²) < 4.78 is 5.64. The minimum Gasteiger partial charge on any atom is -0.504 e. The third kappa shape index (κ3) is 3.87. The van der Waals surface area contributed by atoms with Gasteiger partial charge < -0.3 is 20.5 Å². The Hall–Kier alpha value is -1.26. The van der Waals surface area contributed by atoms with Crippen molar-refractivity contribution < 1.29 is 9.84 Å². The SMILES string of the molecule is CC(C)N1CCC(C(N)COc2ccccc2O)CC1. The van der Waals surface area contributed by atoms with Gasteiger partial charge in [-0.2, -0.15) is 0 Å². The van der Waals surface area contributed by atoms with Crippen molar-refractivity contribution >= 4 is 0 Å². The van der Waals surface area contributed by atoms with E-state index in [9.17, 15) is 5.11 Å². The molecule has 4 heteroatoms. The minimum absolute atomic E-state index is 0.0314. The number of phenols is 1. The largest absolute Gasteiger partial charge is 0.504 e. The number of nitrogens with zero attached hydrogens (tertiary/aromatic N) is 1. The molecule has 1 heterocycles. The van der Waals surface area contributed by atoms with E-state index in [0.29, 0.717) is 24.3 Å². The molecule has 20 heavy (non-hydrogen) atoms. The van der Waals surface area contributed by atoms with E-state index in [1.165, 1.54) is 0 Å². The normalized spacial score (nSPS) is 19.2. The highest BCUT2D eigenvalue weighted by Gasteiger charge is 2.25. The molecule has 3 N–H and O–H groups in total. The lowest BCUT2D eigenvalue weighted by molar-refractivity contribution is 0.123. The molecular formula is C16H26N2O2. The van der Waals surface area contributed by atoms with Crippen molar-refractivity contribution in [1.82, 2.24) is 4.90 Å². The summed E-state index contributed by atoms with van der Waals surface area (Å²) in [4.78, 5) is 2.49. The number of ether oxygens (including phenoxy) is 1. The molecule has 1 fully saturated rings. The summed E-state index contributed by atoms with van der Waals surface area (Å²) in [6.45, 7) is 7.17. The smallest absolute Gasteiger partial charge is 0.160 e. The first-order valence-corrected chi connectivity index (χ1v) is 7.48. The number of phenolic OH excluding ortho intramolecular Hbond substituents is 1. The molecule has 2 rings (SSSR count). The summed E-state index contributed by atoms with van der Waals surface area (Å²) in [6.07, 6.45) is 2.26. The first-order chi connectivity index (χ1) is 9.58. The molecule has 0 aliphatic carbocycles. The van der Waals surface area contributed by atoms with Crippen molar-refractivity contribution in [3.63, 3.8) is 0 Å². The van der Waals surface area contributed by atoms with E-state index in [-0.39, 0.29) is 11.8 Å². The lowest BCUT2D eigenvalue weighted by Crippen LogP contribution is -2.45. The Labute approximate surface area is 121 Å². The van der Waals surface area contributed by atoms with Gasteiger partial charge in [-0.25, -0.2) is 0 Å². The molecule has 112 valence electrons. The lowest BCUT2D eigenvalue weighted by atomic mass is 9.90. The van der Waals surface area contributed by atoms with E-state index in [2.05, 4.69) is 18.7 Å². The zero-order valence-corrected chi connectivity index (χ0v) is 12.5. The van der Waals surface area contributed by atoms with Crippen molar-refractivity contribution in [2.24, 2.45) is 11.7 Å². The Kier molecular flexibility index (Phi) is 5.26. The summed E-state index contributed by atoms with van der Waals surface area (Å²) in [7, 11) is 0. The number of aromatic hydroxyl groups is 1. The second-order valence-corrected chi connectivity index (χ2v) is 5.91. The van der Waals surface area contributed by atoms with E-state index in [0.717, 1.165) is 25.9 Å². The average Bonchev–Trinajstić information content (AvgIpc) is 2.46. The molecule has 4 nitrogen and oxygen atoms in total. The number of para-hydroxylation sites is 2. The maximum absolute atomic E-state index is 9.66. The Balaban J connectivity index is 1.79. The van der Waals surface area contributed by atoms with Gasteiger partial charge in [-0.15, -0.1) is 0 Å². The Morgan fingerprint density at radius 1 is 1.30 bits per heavy atom. The third-order valence-electron chi connectivity index (χ3n) is 4.21. The summed E-state index contributed by atoms with van der Waals surface area (Å²) in [5, 5.41) is 9.66. The van der Waals surface area contributed by atoms with Crippen LogP contribution in [0.5, 0.6) is 11.5 Å². The number of piperidine rings is 1. The molecule has 0 bridgehead atoms. The molecule has 1 unspecified atom stereocenters. The van der Waals surface area contributed by atoms with Crippen LogP contribution in [0, 0.1) is 5.92 Å². The van der Waals surface area contributed by atoms with Crippen LogP contribution in [0.25, 0.3) is 0 Å². The predicted octanol–water partition coefficient (Wildman–Crippen LogP) is 2.22. The summed E-state index contributed by atoms with van der Waals surface area (Å²) in [5.41, 5.74) is 6.24. The number of benzene rings is 1. The number of nitrogens with two attached hydrogens (primary N) is 1. The molecular weight excluding hydrogens is 252 g/mol. The van der Waals surface area contributed by atoms with Crippen LogP contribution in [0.2, 0.25) is 0 Å². The maximum Gasteiger partial charge on any atom is 0.160 e. The summed E-state index contributed by atoms with van der Waals surface area (Å²) in [6, 6.07) is 7.67. The van der Waals surface area contributed by atoms with E-state index in [1.807, 2.05) is 6.07 Å².